The number of hydrogen-bond acceptors (Lipinski definition) is 1. The Morgan fingerprint density at radius 1 is 1.47 bits per heavy atom. The summed E-state index contributed by atoms with van der Waals surface area (Å²) in [5, 5.41) is 3.54. The van der Waals surface area contributed by atoms with E-state index in [1.54, 1.807) is 12.1 Å². The van der Waals surface area contributed by atoms with Gasteiger partial charge in [-0.1, -0.05) is 18.5 Å². The Hall–Kier alpha value is -0.760. The Labute approximate surface area is 94.6 Å². The van der Waals surface area contributed by atoms with E-state index in [4.69, 9.17) is 11.6 Å². The highest BCUT2D eigenvalue weighted by Crippen LogP contribution is 2.48. The predicted molar refractivity (Wildman–Crippen MR) is 61.8 cm³/mol. The molecule has 82 valence electrons. The van der Waals surface area contributed by atoms with Crippen molar-refractivity contribution in [2.45, 2.75) is 32.7 Å². The van der Waals surface area contributed by atoms with Gasteiger partial charge in [-0.2, -0.15) is 0 Å². The summed E-state index contributed by atoms with van der Waals surface area (Å²) in [7, 11) is 0. The summed E-state index contributed by atoms with van der Waals surface area (Å²) >= 11 is 5.71. The van der Waals surface area contributed by atoms with Crippen LogP contribution in [0, 0.1) is 11.2 Å². The van der Waals surface area contributed by atoms with Crippen molar-refractivity contribution in [1.29, 1.82) is 0 Å². The quantitative estimate of drug-likeness (QED) is 0.821. The Morgan fingerprint density at radius 3 is 2.67 bits per heavy atom. The smallest absolute Gasteiger partial charge is 0.141 e. The molecule has 1 aromatic carbocycles. The number of rotatable bonds is 3. The molecular weight excluding hydrogens is 213 g/mol. The van der Waals surface area contributed by atoms with Crippen LogP contribution in [0.2, 0.25) is 5.02 Å². The lowest BCUT2D eigenvalue weighted by atomic mass is 10.0. The molecule has 1 unspecified atom stereocenters. The standard InChI is InChI=1S/C12H15ClFN/c1-8(12(2)5-6-12)15-9-3-4-11(14)10(13)7-9/h3-4,7-8,15H,5-6H2,1-2H3. The van der Waals surface area contributed by atoms with Crippen LogP contribution in [0.1, 0.15) is 26.7 Å². The molecule has 1 fully saturated rings. The molecule has 1 saturated carbocycles. The fraction of sp³-hybridized carbons (Fsp3) is 0.500. The van der Waals surface area contributed by atoms with Crippen LogP contribution < -0.4 is 5.32 Å². The molecule has 1 nitrogen and oxygen atoms in total. The van der Waals surface area contributed by atoms with Crippen LogP contribution in [0.25, 0.3) is 0 Å². The highest BCUT2D eigenvalue weighted by atomic mass is 35.5. The Balaban J connectivity index is 2.07. The van der Waals surface area contributed by atoms with E-state index in [2.05, 4.69) is 19.2 Å². The summed E-state index contributed by atoms with van der Waals surface area (Å²) < 4.78 is 12.9. The van der Waals surface area contributed by atoms with Gasteiger partial charge in [-0.15, -0.1) is 0 Å². The van der Waals surface area contributed by atoms with Gasteiger partial charge in [0, 0.05) is 11.7 Å². The molecule has 2 rings (SSSR count). The number of anilines is 1. The lowest BCUT2D eigenvalue weighted by molar-refractivity contribution is 0.493. The zero-order valence-electron chi connectivity index (χ0n) is 8.98. The van der Waals surface area contributed by atoms with Gasteiger partial charge < -0.3 is 5.32 Å². The van der Waals surface area contributed by atoms with Gasteiger partial charge in [0.05, 0.1) is 5.02 Å². The van der Waals surface area contributed by atoms with Crippen LogP contribution >= 0.6 is 11.6 Å². The molecule has 0 aliphatic heterocycles. The van der Waals surface area contributed by atoms with Crippen molar-refractivity contribution in [3.63, 3.8) is 0 Å². The van der Waals surface area contributed by atoms with Crippen LogP contribution in [-0.2, 0) is 0 Å². The van der Waals surface area contributed by atoms with Gasteiger partial charge in [-0.25, -0.2) is 4.39 Å². The summed E-state index contributed by atoms with van der Waals surface area (Å²) in [6.45, 7) is 4.42. The fourth-order valence-electron chi connectivity index (χ4n) is 1.64. The summed E-state index contributed by atoms with van der Waals surface area (Å²) in [6, 6.07) is 5.16. The summed E-state index contributed by atoms with van der Waals surface area (Å²) in [5.74, 6) is -0.368. The summed E-state index contributed by atoms with van der Waals surface area (Å²) in [6.07, 6.45) is 2.52. The molecule has 0 radical (unpaired) electrons. The maximum atomic E-state index is 12.9. The van der Waals surface area contributed by atoms with E-state index >= 15 is 0 Å². The maximum absolute atomic E-state index is 12.9. The van der Waals surface area contributed by atoms with E-state index in [9.17, 15) is 4.39 Å². The van der Waals surface area contributed by atoms with E-state index in [-0.39, 0.29) is 10.8 Å². The normalized spacial score (nSPS) is 19.7. The largest absolute Gasteiger partial charge is 0.382 e. The Bertz CT molecular complexity index is 374. The highest BCUT2D eigenvalue weighted by Gasteiger charge is 2.42. The third kappa shape index (κ3) is 2.25. The minimum Gasteiger partial charge on any atom is -0.382 e. The van der Waals surface area contributed by atoms with E-state index in [1.165, 1.54) is 18.9 Å². The van der Waals surface area contributed by atoms with E-state index < -0.39 is 0 Å². The molecule has 0 spiro atoms. The average molecular weight is 228 g/mol. The van der Waals surface area contributed by atoms with Gasteiger partial charge in [-0.3, -0.25) is 0 Å². The minimum atomic E-state index is -0.368. The fourth-order valence-corrected chi connectivity index (χ4v) is 1.82. The van der Waals surface area contributed by atoms with Gasteiger partial charge in [0.2, 0.25) is 0 Å². The third-order valence-electron chi connectivity index (χ3n) is 3.39. The first-order chi connectivity index (χ1) is 7.01. The van der Waals surface area contributed by atoms with Gasteiger partial charge in [-0.05, 0) is 43.4 Å². The van der Waals surface area contributed by atoms with E-state index in [1.807, 2.05) is 0 Å². The van der Waals surface area contributed by atoms with Crippen LogP contribution in [0.4, 0.5) is 10.1 Å². The second-order valence-electron chi connectivity index (χ2n) is 4.65. The molecular formula is C12H15ClFN. The molecule has 1 aliphatic carbocycles. The van der Waals surface area contributed by atoms with Gasteiger partial charge >= 0.3 is 0 Å². The van der Waals surface area contributed by atoms with Crippen LogP contribution in [0.15, 0.2) is 18.2 Å². The van der Waals surface area contributed by atoms with Crippen molar-refractivity contribution >= 4 is 17.3 Å². The molecule has 1 N–H and O–H groups in total. The highest BCUT2D eigenvalue weighted by molar-refractivity contribution is 6.31. The zero-order valence-corrected chi connectivity index (χ0v) is 9.74. The first kappa shape index (κ1) is 10.7. The number of benzene rings is 1. The number of nitrogens with one attached hydrogen (secondary N) is 1. The minimum absolute atomic E-state index is 0.174. The van der Waals surface area contributed by atoms with Crippen LogP contribution in [-0.4, -0.2) is 6.04 Å². The number of halogens is 2. The molecule has 0 bridgehead atoms. The van der Waals surface area contributed by atoms with Crippen LogP contribution in [0.5, 0.6) is 0 Å². The van der Waals surface area contributed by atoms with Crippen molar-refractivity contribution in [3.05, 3.63) is 29.0 Å². The molecule has 0 heterocycles. The second-order valence-corrected chi connectivity index (χ2v) is 5.06. The third-order valence-corrected chi connectivity index (χ3v) is 3.68. The SMILES string of the molecule is CC(Nc1ccc(F)c(Cl)c1)C1(C)CC1. The zero-order chi connectivity index (χ0) is 11.1. The molecule has 15 heavy (non-hydrogen) atoms. The van der Waals surface area contributed by atoms with Gasteiger partial charge in [0.25, 0.3) is 0 Å². The molecule has 1 aromatic rings. The second kappa shape index (κ2) is 3.67. The maximum Gasteiger partial charge on any atom is 0.141 e. The van der Waals surface area contributed by atoms with Crippen molar-refractivity contribution in [1.82, 2.24) is 0 Å². The molecule has 0 amide bonds. The molecule has 1 aliphatic rings. The Morgan fingerprint density at radius 2 is 2.13 bits per heavy atom. The lowest BCUT2D eigenvalue weighted by Gasteiger charge is -2.21. The Kier molecular flexibility index (Phi) is 2.63. The summed E-state index contributed by atoms with van der Waals surface area (Å²) in [4.78, 5) is 0. The first-order valence-corrected chi connectivity index (χ1v) is 5.61. The monoisotopic (exact) mass is 227 g/mol. The molecule has 0 saturated heterocycles. The molecule has 1 atom stereocenters. The van der Waals surface area contributed by atoms with Crippen molar-refractivity contribution in [2.75, 3.05) is 5.32 Å². The molecule has 0 aromatic heterocycles. The number of hydrogen-bond donors (Lipinski definition) is 1. The van der Waals surface area contributed by atoms with E-state index in [0.29, 0.717) is 11.5 Å². The van der Waals surface area contributed by atoms with Gasteiger partial charge in [0.15, 0.2) is 0 Å². The average Bonchev–Trinajstić information content (AvgIpc) is 2.92. The first-order valence-electron chi connectivity index (χ1n) is 5.23. The van der Waals surface area contributed by atoms with E-state index in [0.717, 1.165) is 5.69 Å². The lowest BCUT2D eigenvalue weighted by Crippen LogP contribution is -2.24. The van der Waals surface area contributed by atoms with Crippen LogP contribution in [0.3, 0.4) is 0 Å². The summed E-state index contributed by atoms with van der Waals surface area (Å²) in [5.41, 5.74) is 1.29. The predicted octanol–water partition coefficient (Wildman–Crippen LogP) is 4.08. The van der Waals surface area contributed by atoms with Crippen molar-refractivity contribution in [3.8, 4) is 0 Å². The van der Waals surface area contributed by atoms with Gasteiger partial charge in [0.1, 0.15) is 5.82 Å². The van der Waals surface area contributed by atoms with Crippen molar-refractivity contribution in [2.24, 2.45) is 5.41 Å². The topological polar surface area (TPSA) is 12.0 Å². The van der Waals surface area contributed by atoms with Crippen molar-refractivity contribution < 1.29 is 4.39 Å². The molecule has 3 heteroatoms.